The molecule has 1 atom stereocenters. The number of carbonyl (C=O) groups is 2. The Bertz CT molecular complexity index is 635. The average molecular weight is 272 g/mol. The first kappa shape index (κ1) is 14.0. The third-order valence-electron chi connectivity index (χ3n) is 2.81. The average Bonchev–Trinajstić information content (AvgIpc) is 2.44. The summed E-state index contributed by atoms with van der Waals surface area (Å²) in [6.07, 6.45) is 1.29. The van der Waals surface area contributed by atoms with Crippen LogP contribution in [0.25, 0.3) is 10.9 Å². The van der Waals surface area contributed by atoms with Gasteiger partial charge in [-0.25, -0.2) is 4.79 Å². The van der Waals surface area contributed by atoms with Crippen molar-refractivity contribution in [1.29, 1.82) is 0 Å². The van der Waals surface area contributed by atoms with E-state index in [9.17, 15) is 9.59 Å². The van der Waals surface area contributed by atoms with E-state index in [0.717, 1.165) is 10.9 Å². The number of pyridine rings is 1. The molecular formula is C15H16N2O3. The van der Waals surface area contributed by atoms with E-state index < -0.39 is 12.1 Å². The minimum atomic E-state index is -0.415. The van der Waals surface area contributed by atoms with Gasteiger partial charge in [-0.2, -0.15) is 0 Å². The summed E-state index contributed by atoms with van der Waals surface area (Å²) in [6.45, 7) is 3.45. The standard InChI is InChI=1S/C15H16N2O3/c1-10(9-17-11(2)18)20-15(19)13-5-3-7-14-12(13)6-4-8-16-14/h3-8,10H,9H2,1-2H3,(H,17,18). The van der Waals surface area contributed by atoms with E-state index in [1.54, 1.807) is 31.3 Å². The molecule has 1 heterocycles. The van der Waals surface area contributed by atoms with Crippen molar-refractivity contribution >= 4 is 22.8 Å². The van der Waals surface area contributed by atoms with E-state index in [0.29, 0.717) is 12.1 Å². The molecule has 0 aliphatic heterocycles. The zero-order valence-corrected chi connectivity index (χ0v) is 11.4. The maximum Gasteiger partial charge on any atom is 0.339 e. The monoisotopic (exact) mass is 272 g/mol. The third kappa shape index (κ3) is 3.32. The molecule has 1 amide bonds. The van der Waals surface area contributed by atoms with E-state index >= 15 is 0 Å². The first-order valence-corrected chi connectivity index (χ1v) is 6.37. The lowest BCUT2D eigenvalue weighted by molar-refractivity contribution is -0.119. The van der Waals surface area contributed by atoms with Gasteiger partial charge in [0.1, 0.15) is 6.10 Å². The van der Waals surface area contributed by atoms with Crippen molar-refractivity contribution < 1.29 is 14.3 Å². The van der Waals surface area contributed by atoms with Crippen molar-refractivity contribution in [2.45, 2.75) is 20.0 Å². The Morgan fingerprint density at radius 3 is 2.85 bits per heavy atom. The van der Waals surface area contributed by atoms with Gasteiger partial charge in [-0.05, 0) is 25.1 Å². The van der Waals surface area contributed by atoms with Crippen LogP contribution in [0.2, 0.25) is 0 Å². The van der Waals surface area contributed by atoms with Gasteiger partial charge in [0.05, 0.1) is 17.6 Å². The highest BCUT2D eigenvalue weighted by atomic mass is 16.5. The number of fused-ring (bicyclic) bond motifs is 1. The van der Waals surface area contributed by atoms with E-state index in [1.165, 1.54) is 6.92 Å². The maximum atomic E-state index is 12.2. The Labute approximate surface area is 117 Å². The number of esters is 1. The molecule has 0 radical (unpaired) electrons. The fourth-order valence-corrected chi connectivity index (χ4v) is 1.86. The molecule has 0 spiro atoms. The highest BCUT2D eigenvalue weighted by Crippen LogP contribution is 2.17. The minimum Gasteiger partial charge on any atom is -0.457 e. The maximum absolute atomic E-state index is 12.2. The first-order valence-electron chi connectivity index (χ1n) is 6.37. The molecule has 0 bridgehead atoms. The van der Waals surface area contributed by atoms with Gasteiger partial charge >= 0.3 is 5.97 Å². The summed E-state index contributed by atoms with van der Waals surface area (Å²) in [5, 5.41) is 3.37. The molecule has 0 saturated carbocycles. The van der Waals surface area contributed by atoms with Gasteiger partial charge in [0.15, 0.2) is 0 Å². The highest BCUT2D eigenvalue weighted by Gasteiger charge is 2.15. The summed E-state index contributed by atoms with van der Waals surface area (Å²) in [4.78, 5) is 27.2. The number of ether oxygens (including phenoxy) is 1. The fraction of sp³-hybridized carbons (Fsp3) is 0.267. The number of aromatic nitrogens is 1. The van der Waals surface area contributed by atoms with E-state index in [2.05, 4.69) is 10.3 Å². The fourth-order valence-electron chi connectivity index (χ4n) is 1.86. The minimum absolute atomic E-state index is 0.151. The van der Waals surface area contributed by atoms with Crippen LogP contribution in [-0.4, -0.2) is 29.5 Å². The third-order valence-corrected chi connectivity index (χ3v) is 2.81. The van der Waals surface area contributed by atoms with Gasteiger partial charge in [-0.1, -0.05) is 12.1 Å². The molecule has 104 valence electrons. The van der Waals surface area contributed by atoms with Crippen molar-refractivity contribution in [3.63, 3.8) is 0 Å². The lowest BCUT2D eigenvalue weighted by Crippen LogP contribution is -2.31. The zero-order chi connectivity index (χ0) is 14.5. The van der Waals surface area contributed by atoms with Crippen molar-refractivity contribution in [2.24, 2.45) is 0 Å². The number of rotatable bonds is 4. The Morgan fingerprint density at radius 1 is 1.30 bits per heavy atom. The first-order chi connectivity index (χ1) is 9.58. The highest BCUT2D eigenvalue weighted by molar-refractivity contribution is 6.03. The molecule has 0 fully saturated rings. The number of benzene rings is 1. The van der Waals surface area contributed by atoms with Crippen LogP contribution in [-0.2, 0) is 9.53 Å². The number of amides is 1. The molecule has 0 saturated heterocycles. The number of nitrogens with one attached hydrogen (secondary N) is 1. The van der Waals surface area contributed by atoms with Crippen molar-refractivity contribution in [1.82, 2.24) is 10.3 Å². The summed E-state index contributed by atoms with van der Waals surface area (Å²) >= 11 is 0. The van der Waals surface area contributed by atoms with Crippen LogP contribution in [0, 0.1) is 0 Å². The molecule has 2 rings (SSSR count). The van der Waals surface area contributed by atoms with Crippen LogP contribution in [0.5, 0.6) is 0 Å². The zero-order valence-electron chi connectivity index (χ0n) is 11.4. The van der Waals surface area contributed by atoms with Gasteiger partial charge < -0.3 is 10.1 Å². The second-order valence-corrected chi connectivity index (χ2v) is 4.53. The van der Waals surface area contributed by atoms with Crippen LogP contribution >= 0.6 is 0 Å². The molecule has 5 heteroatoms. The van der Waals surface area contributed by atoms with Gasteiger partial charge in [-0.3, -0.25) is 9.78 Å². The SMILES string of the molecule is CC(=O)NCC(C)OC(=O)c1cccc2ncccc12. The number of nitrogens with zero attached hydrogens (tertiary/aromatic N) is 1. The van der Waals surface area contributed by atoms with Gasteiger partial charge in [0, 0.05) is 18.5 Å². The molecule has 5 nitrogen and oxygen atoms in total. The van der Waals surface area contributed by atoms with E-state index in [-0.39, 0.29) is 5.91 Å². The smallest absolute Gasteiger partial charge is 0.339 e. The van der Waals surface area contributed by atoms with Crippen LogP contribution < -0.4 is 5.32 Å². The summed E-state index contributed by atoms with van der Waals surface area (Å²) in [5.74, 6) is -0.566. The Balaban J connectivity index is 2.13. The molecular weight excluding hydrogens is 256 g/mol. The van der Waals surface area contributed by atoms with Gasteiger partial charge in [0.25, 0.3) is 0 Å². The second-order valence-electron chi connectivity index (χ2n) is 4.53. The number of carbonyl (C=O) groups excluding carboxylic acids is 2. The largest absolute Gasteiger partial charge is 0.457 e. The molecule has 0 aliphatic rings. The molecule has 1 unspecified atom stereocenters. The second kappa shape index (κ2) is 6.14. The molecule has 1 N–H and O–H groups in total. The molecule has 2 aromatic rings. The molecule has 1 aromatic heterocycles. The van der Waals surface area contributed by atoms with Crippen LogP contribution in [0.15, 0.2) is 36.5 Å². The predicted octanol–water partition coefficient (Wildman–Crippen LogP) is 1.92. The molecule has 1 aromatic carbocycles. The molecule has 20 heavy (non-hydrogen) atoms. The Morgan fingerprint density at radius 2 is 2.10 bits per heavy atom. The van der Waals surface area contributed by atoms with Crippen molar-refractivity contribution in [3.8, 4) is 0 Å². The topological polar surface area (TPSA) is 68.3 Å². The summed E-state index contributed by atoms with van der Waals surface area (Å²) in [6, 6.07) is 8.92. The van der Waals surface area contributed by atoms with Crippen molar-refractivity contribution in [2.75, 3.05) is 6.54 Å². The van der Waals surface area contributed by atoms with Gasteiger partial charge in [0.2, 0.25) is 5.91 Å². The number of hydrogen-bond acceptors (Lipinski definition) is 4. The van der Waals surface area contributed by atoms with Crippen molar-refractivity contribution in [3.05, 3.63) is 42.1 Å². The van der Waals surface area contributed by atoms with Crippen LogP contribution in [0.1, 0.15) is 24.2 Å². The lowest BCUT2D eigenvalue weighted by Gasteiger charge is -2.14. The predicted molar refractivity (Wildman–Crippen MR) is 75.3 cm³/mol. The summed E-state index contributed by atoms with van der Waals surface area (Å²) in [5.41, 5.74) is 1.22. The van der Waals surface area contributed by atoms with E-state index in [1.807, 2.05) is 12.1 Å². The molecule has 0 aliphatic carbocycles. The summed E-state index contributed by atoms with van der Waals surface area (Å²) in [7, 11) is 0. The normalized spacial score (nSPS) is 11.9. The summed E-state index contributed by atoms with van der Waals surface area (Å²) < 4.78 is 5.31. The van der Waals surface area contributed by atoms with E-state index in [4.69, 9.17) is 4.74 Å². The Hall–Kier alpha value is -2.43. The van der Waals surface area contributed by atoms with Gasteiger partial charge in [-0.15, -0.1) is 0 Å². The lowest BCUT2D eigenvalue weighted by atomic mass is 10.1. The Kier molecular flexibility index (Phi) is 4.30. The van der Waals surface area contributed by atoms with Crippen LogP contribution in [0.4, 0.5) is 0 Å². The van der Waals surface area contributed by atoms with Crippen LogP contribution in [0.3, 0.4) is 0 Å². The number of hydrogen-bond donors (Lipinski definition) is 1. The quantitative estimate of drug-likeness (QED) is 0.863.